The Labute approximate surface area is 41.1 Å². The summed E-state index contributed by atoms with van der Waals surface area (Å²) in [5.41, 5.74) is 5.11. The van der Waals surface area contributed by atoms with Crippen LogP contribution in [-0.4, -0.2) is 20.0 Å². The van der Waals surface area contributed by atoms with Gasteiger partial charge in [-0.2, -0.15) is 0 Å². The summed E-state index contributed by atoms with van der Waals surface area (Å²) < 4.78 is 13.8. The van der Waals surface area contributed by atoms with E-state index in [9.17, 15) is 0 Å². The largest absolute Gasteiger partial charge is 0.329 e. The molecular weight excluding hydrogens is 98.0 g/mol. The van der Waals surface area contributed by atoms with Gasteiger partial charge < -0.3 is 14.2 Å². The molecule has 2 N–H and O–H groups in total. The first kappa shape index (κ1) is 4.99. The highest BCUT2D eigenvalue weighted by atomic mass is 16.9. The fourth-order valence-electron chi connectivity index (χ4n) is 0.312. The molecule has 0 bridgehead atoms. The minimum absolute atomic E-state index is 0.237. The Balaban J connectivity index is 2.12. The smallest absolute Gasteiger partial charge is 0.217 e. The summed E-state index contributed by atoms with van der Waals surface area (Å²) in [6.07, 6.45) is -0.589. The second kappa shape index (κ2) is 2.23. The van der Waals surface area contributed by atoms with Crippen LogP contribution in [-0.2, 0) is 14.2 Å². The lowest BCUT2D eigenvalue weighted by molar-refractivity contribution is -0.296. The van der Waals surface area contributed by atoms with Crippen LogP contribution in [0.15, 0.2) is 0 Å². The van der Waals surface area contributed by atoms with Gasteiger partial charge in [-0.25, -0.2) is 0 Å². The zero-order valence-electron chi connectivity index (χ0n) is 3.79. The van der Waals surface area contributed by atoms with Gasteiger partial charge in [-0.1, -0.05) is 0 Å². The van der Waals surface area contributed by atoms with Gasteiger partial charge in [-0.3, -0.25) is 5.73 Å². The molecule has 4 heteroatoms. The highest BCUT2D eigenvalue weighted by Crippen LogP contribution is 1.93. The predicted molar refractivity (Wildman–Crippen MR) is 21.0 cm³/mol. The van der Waals surface area contributed by atoms with Gasteiger partial charge in [0.1, 0.15) is 0 Å². The maximum atomic E-state index is 5.11. The van der Waals surface area contributed by atoms with Gasteiger partial charge >= 0.3 is 0 Å². The van der Waals surface area contributed by atoms with Crippen LogP contribution in [0.25, 0.3) is 0 Å². The molecule has 0 aromatic heterocycles. The molecule has 0 amide bonds. The molecule has 42 valence electrons. The van der Waals surface area contributed by atoms with Crippen molar-refractivity contribution >= 4 is 0 Å². The van der Waals surface area contributed by atoms with Gasteiger partial charge in [0.25, 0.3) is 0 Å². The van der Waals surface area contributed by atoms with Crippen molar-refractivity contribution in [2.75, 3.05) is 13.6 Å². The molecule has 0 spiro atoms. The summed E-state index contributed by atoms with van der Waals surface area (Å²) in [7, 11) is 0. The Morgan fingerprint density at radius 2 is 1.86 bits per heavy atom. The molecule has 1 aliphatic heterocycles. The molecular formula is C3H7NO3. The predicted octanol–water partition coefficient (Wildman–Crippen LogP) is -0.793. The van der Waals surface area contributed by atoms with Crippen molar-refractivity contribution in [2.45, 2.75) is 6.41 Å². The second-order valence-corrected chi connectivity index (χ2v) is 1.14. The minimum atomic E-state index is -0.589. The molecule has 1 heterocycles. The molecule has 1 fully saturated rings. The zero-order chi connectivity index (χ0) is 5.11. The van der Waals surface area contributed by atoms with Crippen LogP contribution >= 0.6 is 0 Å². The van der Waals surface area contributed by atoms with E-state index in [1.54, 1.807) is 0 Å². The molecule has 0 atom stereocenters. The molecule has 4 nitrogen and oxygen atoms in total. The third kappa shape index (κ3) is 1.40. The Morgan fingerprint density at radius 3 is 2.14 bits per heavy atom. The first-order valence-electron chi connectivity index (χ1n) is 1.96. The van der Waals surface area contributed by atoms with Crippen LogP contribution in [0.5, 0.6) is 0 Å². The van der Waals surface area contributed by atoms with E-state index >= 15 is 0 Å². The summed E-state index contributed by atoms with van der Waals surface area (Å²) >= 11 is 0. The average molecular weight is 105 g/mol. The van der Waals surface area contributed by atoms with Crippen molar-refractivity contribution < 1.29 is 14.2 Å². The van der Waals surface area contributed by atoms with Crippen molar-refractivity contribution in [1.29, 1.82) is 0 Å². The summed E-state index contributed by atoms with van der Waals surface area (Å²) in [4.78, 5) is 0. The number of hydrogen-bond donors (Lipinski definition) is 1. The van der Waals surface area contributed by atoms with Crippen LogP contribution in [0.1, 0.15) is 0 Å². The molecule has 0 radical (unpaired) electrons. The topological polar surface area (TPSA) is 53.7 Å². The van der Waals surface area contributed by atoms with E-state index in [0.717, 1.165) is 0 Å². The maximum absolute atomic E-state index is 5.11. The minimum Gasteiger partial charge on any atom is -0.329 e. The van der Waals surface area contributed by atoms with E-state index in [1.807, 2.05) is 0 Å². The fourth-order valence-corrected chi connectivity index (χ4v) is 0.312. The standard InChI is InChI=1S/C3H7NO3/c4-3-6-1-5-2-7-3/h3H,1-2,4H2. The van der Waals surface area contributed by atoms with Crippen molar-refractivity contribution in [3.63, 3.8) is 0 Å². The van der Waals surface area contributed by atoms with Crippen molar-refractivity contribution in [3.05, 3.63) is 0 Å². The molecule has 0 aromatic rings. The monoisotopic (exact) mass is 105 g/mol. The van der Waals surface area contributed by atoms with E-state index in [4.69, 9.17) is 5.73 Å². The van der Waals surface area contributed by atoms with E-state index in [-0.39, 0.29) is 13.6 Å². The third-order valence-electron chi connectivity index (χ3n) is 0.631. The SMILES string of the molecule is NC1OCOCO1. The molecule has 0 aromatic carbocycles. The fraction of sp³-hybridized carbons (Fsp3) is 1.00. The molecule has 0 saturated carbocycles. The summed E-state index contributed by atoms with van der Waals surface area (Å²) in [6, 6.07) is 0. The normalized spacial score (nSPS) is 25.3. The van der Waals surface area contributed by atoms with E-state index in [2.05, 4.69) is 14.2 Å². The molecule has 0 aliphatic carbocycles. The zero-order valence-corrected chi connectivity index (χ0v) is 3.79. The van der Waals surface area contributed by atoms with E-state index in [1.165, 1.54) is 0 Å². The van der Waals surface area contributed by atoms with Gasteiger partial charge in [0.05, 0.1) is 0 Å². The molecule has 0 unspecified atom stereocenters. The quantitative estimate of drug-likeness (QED) is 0.438. The van der Waals surface area contributed by atoms with Gasteiger partial charge in [-0.05, 0) is 0 Å². The summed E-state index contributed by atoms with van der Waals surface area (Å²) in [6.45, 7) is 0.475. The maximum Gasteiger partial charge on any atom is 0.217 e. The van der Waals surface area contributed by atoms with Gasteiger partial charge in [0.2, 0.25) is 6.41 Å². The first-order valence-corrected chi connectivity index (χ1v) is 1.96. The molecule has 1 saturated heterocycles. The van der Waals surface area contributed by atoms with Crippen LogP contribution in [0.4, 0.5) is 0 Å². The molecule has 1 rings (SSSR count). The van der Waals surface area contributed by atoms with Crippen LogP contribution < -0.4 is 5.73 Å². The van der Waals surface area contributed by atoms with Crippen LogP contribution in [0.3, 0.4) is 0 Å². The summed E-state index contributed by atoms with van der Waals surface area (Å²) in [5.74, 6) is 0. The molecule has 7 heavy (non-hydrogen) atoms. The van der Waals surface area contributed by atoms with Crippen molar-refractivity contribution in [3.8, 4) is 0 Å². The number of nitrogens with two attached hydrogens (primary N) is 1. The Bertz CT molecular complexity index is 52.1. The lowest BCUT2D eigenvalue weighted by Gasteiger charge is -2.18. The lowest BCUT2D eigenvalue weighted by Crippen LogP contribution is -2.33. The number of hydrogen-bond acceptors (Lipinski definition) is 4. The van der Waals surface area contributed by atoms with Crippen LogP contribution in [0.2, 0.25) is 0 Å². The lowest BCUT2D eigenvalue weighted by atomic mass is 11.0. The highest BCUT2D eigenvalue weighted by Gasteiger charge is 2.06. The van der Waals surface area contributed by atoms with Gasteiger partial charge in [0.15, 0.2) is 13.6 Å². The van der Waals surface area contributed by atoms with Crippen LogP contribution in [0, 0.1) is 0 Å². The number of ether oxygens (including phenoxy) is 3. The average Bonchev–Trinajstić information content (AvgIpc) is 1.69. The van der Waals surface area contributed by atoms with Gasteiger partial charge in [-0.15, -0.1) is 0 Å². The van der Waals surface area contributed by atoms with E-state index in [0.29, 0.717) is 0 Å². The van der Waals surface area contributed by atoms with E-state index < -0.39 is 6.41 Å². The first-order chi connectivity index (χ1) is 3.39. The Hall–Kier alpha value is -0.160. The summed E-state index contributed by atoms with van der Waals surface area (Å²) in [5, 5.41) is 0. The Kier molecular flexibility index (Phi) is 1.59. The third-order valence-corrected chi connectivity index (χ3v) is 0.631. The van der Waals surface area contributed by atoms with Crippen molar-refractivity contribution in [2.24, 2.45) is 5.73 Å². The second-order valence-electron chi connectivity index (χ2n) is 1.14. The van der Waals surface area contributed by atoms with Crippen molar-refractivity contribution in [1.82, 2.24) is 0 Å². The van der Waals surface area contributed by atoms with Gasteiger partial charge in [0, 0.05) is 0 Å². The highest BCUT2D eigenvalue weighted by molar-refractivity contribution is 4.25. The number of rotatable bonds is 0. The molecule has 1 aliphatic rings. The Morgan fingerprint density at radius 1 is 1.29 bits per heavy atom.